The molecule has 0 aliphatic heterocycles. The lowest BCUT2D eigenvalue weighted by molar-refractivity contribution is -0.137. The summed E-state index contributed by atoms with van der Waals surface area (Å²) in [5, 5.41) is 8.97. The molecule has 0 unspecified atom stereocenters. The first-order chi connectivity index (χ1) is 13.6. The Labute approximate surface area is 162 Å². The van der Waals surface area contributed by atoms with Gasteiger partial charge in [0.2, 0.25) is 0 Å². The van der Waals surface area contributed by atoms with E-state index in [0.29, 0.717) is 17.7 Å². The summed E-state index contributed by atoms with van der Waals surface area (Å²) in [4.78, 5) is 25.7. The van der Waals surface area contributed by atoms with Crippen LogP contribution in [0.5, 0.6) is 0 Å². The number of aliphatic carboxylic acids is 1. The molecule has 0 aliphatic carbocycles. The molecule has 1 amide bonds. The van der Waals surface area contributed by atoms with Crippen LogP contribution in [0.4, 0.5) is 10.1 Å². The lowest BCUT2D eigenvalue weighted by atomic mass is 10.0. The molecule has 28 heavy (non-hydrogen) atoms. The van der Waals surface area contributed by atoms with Gasteiger partial charge in [0.25, 0.3) is 5.91 Å². The van der Waals surface area contributed by atoms with Crippen molar-refractivity contribution in [2.45, 2.75) is 12.8 Å². The number of amides is 1. The van der Waals surface area contributed by atoms with Crippen LogP contribution >= 0.6 is 0 Å². The van der Waals surface area contributed by atoms with Crippen LogP contribution in [0.15, 0.2) is 78.9 Å². The van der Waals surface area contributed by atoms with Gasteiger partial charge in [-0.3, -0.25) is 9.59 Å². The molecule has 0 aliphatic rings. The molecule has 142 valence electrons. The molecule has 0 saturated carbocycles. The summed E-state index contributed by atoms with van der Waals surface area (Å²) in [7, 11) is 0. The number of carbonyl (C=O) groups is 2. The highest BCUT2D eigenvalue weighted by atomic mass is 19.1. The van der Waals surface area contributed by atoms with Crippen molar-refractivity contribution in [3.8, 4) is 11.1 Å². The summed E-state index contributed by atoms with van der Waals surface area (Å²) in [5.74, 6) is -1.63. The highest BCUT2D eigenvalue weighted by Gasteiger charge is 2.21. The summed E-state index contributed by atoms with van der Waals surface area (Å²) >= 11 is 0. The molecule has 5 heteroatoms. The first kappa shape index (κ1) is 19.3. The highest BCUT2D eigenvalue weighted by Crippen LogP contribution is 2.32. The van der Waals surface area contributed by atoms with Gasteiger partial charge in [0.1, 0.15) is 5.82 Å². The summed E-state index contributed by atoms with van der Waals surface area (Å²) in [6.07, 6.45) is 0.270. The SMILES string of the molecule is O=C(O)CCCN(C(=O)c1ccc(F)cc1)c1ccccc1-c1ccccc1. The Morgan fingerprint density at radius 2 is 1.50 bits per heavy atom. The van der Waals surface area contributed by atoms with E-state index >= 15 is 0 Å². The maximum absolute atomic E-state index is 13.3. The number of carboxylic acids is 1. The Morgan fingerprint density at radius 1 is 0.857 bits per heavy atom. The molecule has 1 N–H and O–H groups in total. The standard InChI is InChI=1S/C23H20FNO3/c24-19-14-12-18(13-15-19)23(28)25(16-6-11-22(26)27)21-10-5-4-9-20(21)17-7-2-1-3-8-17/h1-5,7-10,12-15H,6,11,16H2,(H,26,27). The van der Waals surface area contributed by atoms with E-state index in [1.54, 1.807) is 4.90 Å². The summed E-state index contributed by atoms with van der Waals surface area (Å²) in [6.45, 7) is 0.242. The molecular formula is C23H20FNO3. The fourth-order valence-electron chi connectivity index (χ4n) is 3.04. The predicted molar refractivity (Wildman–Crippen MR) is 107 cm³/mol. The number of carboxylic acid groups (broad SMARTS) is 1. The van der Waals surface area contributed by atoms with Gasteiger partial charge in [-0.2, -0.15) is 0 Å². The van der Waals surface area contributed by atoms with Crippen LogP contribution in [0.25, 0.3) is 11.1 Å². The van der Waals surface area contributed by atoms with Gasteiger partial charge in [-0.25, -0.2) is 4.39 Å². The fraction of sp³-hybridized carbons (Fsp3) is 0.130. The second-order valence-electron chi connectivity index (χ2n) is 6.34. The lowest BCUT2D eigenvalue weighted by Gasteiger charge is -2.25. The van der Waals surface area contributed by atoms with E-state index in [1.165, 1.54) is 24.3 Å². The Balaban J connectivity index is 2.01. The molecule has 0 heterocycles. The normalized spacial score (nSPS) is 10.5. The average molecular weight is 377 g/mol. The highest BCUT2D eigenvalue weighted by molar-refractivity contribution is 6.08. The zero-order valence-electron chi connectivity index (χ0n) is 15.2. The van der Waals surface area contributed by atoms with Crippen LogP contribution in [0, 0.1) is 5.82 Å². The number of carbonyl (C=O) groups excluding carboxylic acids is 1. The Morgan fingerprint density at radius 3 is 2.18 bits per heavy atom. The monoisotopic (exact) mass is 377 g/mol. The molecular weight excluding hydrogens is 357 g/mol. The van der Waals surface area contributed by atoms with Crippen molar-refractivity contribution in [2.24, 2.45) is 0 Å². The molecule has 0 bridgehead atoms. The molecule has 0 radical (unpaired) electrons. The molecule has 0 saturated heterocycles. The Bertz CT molecular complexity index is 955. The molecule has 4 nitrogen and oxygen atoms in total. The Hall–Kier alpha value is -3.47. The minimum absolute atomic E-state index is 0.0410. The maximum atomic E-state index is 13.3. The summed E-state index contributed by atoms with van der Waals surface area (Å²) in [6, 6.07) is 22.5. The van der Waals surface area contributed by atoms with Gasteiger partial charge < -0.3 is 10.0 Å². The minimum Gasteiger partial charge on any atom is -0.481 e. The zero-order valence-corrected chi connectivity index (χ0v) is 15.2. The first-order valence-corrected chi connectivity index (χ1v) is 9.00. The van der Waals surface area contributed by atoms with Crippen molar-refractivity contribution in [3.05, 3.63) is 90.2 Å². The van der Waals surface area contributed by atoms with E-state index < -0.39 is 11.8 Å². The zero-order chi connectivity index (χ0) is 19.9. The van der Waals surface area contributed by atoms with Crippen molar-refractivity contribution < 1.29 is 19.1 Å². The molecule has 0 spiro atoms. The van der Waals surface area contributed by atoms with Gasteiger partial charge >= 0.3 is 5.97 Å². The van der Waals surface area contributed by atoms with Crippen LogP contribution in [-0.2, 0) is 4.79 Å². The fourth-order valence-corrected chi connectivity index (χ4v) is 3.04. The summed E-state index contributed by atoms with van der Waals surface area (Å²) in [5.41, 5.74) is 2.86. The largest absolute Gasteiger partial charge is 0.481 e. The maximum Gasteiger partial charge on any atom is 0.303 e. The topological polar surface area (TPSA) is 57.6 Å². The second kappa shape index (κ2) is 8.95. The molecule has 3 aromatic carbocycles. The van der Waals surface area contributed by atoms with Crippen LogP contribution in [-0.4, -0.2) is 23.5 Å². The second-order valence-corrected chi connectivity index (χ2v) is 6.34. The number of nitrogens with zero attached hydrogens (tertiary/aromatic N) is 1. The van der Waals surface area contributed by atoms with E-state index in [-0.39, 0.29) is 18.9 Å². The number of halogens is 1. The summed E-state index contributed by atoms with van der Waals surface area (Å²) < 4.78 is 13.3. The van der Waals surface area contributed by atoms with Crippen molar-refractivity contribution >= 4 is 17.6 Å². The van der Waals surface area contributed by atoms with Crippen LogP contribution in [0.1, 0.15) is 23.2 Å². The molecule has 3 rings (SSSR count). The molecule has 0 atom stereocenters. The quantitative estimate of drug-likeness (QED) is 0.630. The van der Waals surface area contributed by atoms with Gasteiger partial charge in [0.15, 0.2) is 0 Å². The van der Waals surface area contributed by atoms with Gasteiger partial charge in [-0.05, 0) is 42.3 Å². The van der Waals surface area contributed by atoms with Gasteiger partial charge in [0, 0.05) is 24.1 Å². The van der Waals surface area contributed by atoms with Gasteiger partial charge in [-0.15, -0.1) is 0 Å². The van der Waals surface area contributed by atoms with Gasteiger partial charge in [-0.1, -0.05) is 48.5 Å². The number of anilines is 1. The van der Waals surface area contributed by atoms with E-state index in [1.807, 2.05) is 54.6 Å². The van der Waals surface area contributed by atoms with Gasteiger partial charge in [0.05, 0.1) is 5.69 Å². The Kier molecular flexibility index (Phi) is 6.17. The number of para-hydroxylation sites is 1. The smallest absolute Gasteiger partial charge is 0.303 e. The minimum atomic E-state index is -0.912. The first-order valence-electron chi connectivity index (χ1n) is 9.00. The van der Waals surface area contributed by atoms with Crippen molar-refractivity contribution in [2.75, 3.05) is 11.4 Å². The van der Waals surface area contributed by atoms with E-state index in [0.717, 1.165) is 11.1 Å². The molecule has 0 fully saturated rings. The van der Waals surface area contributed by atoms with Crippen LogP contribution in [0.2, 0.25) is 0 Å². The van der Waals surface area contributed by atoms with E-state index in [2.05, 4.69) is 0 Å². The average Bonchev–Trinajstić information content (AvgIpc) is 2.72. The third-order valence-corrected chi connectivity index (χ3v) is 4.39. The number of benzene rings is 3. The predicted octanol–water partition coefficient (Wildman–Crippen LogP) is 5.00. The van der Waals surface area contributed by atoms with Crippen molar-refractivity contribution in [1.82, 2.24) is 0 Å². The number of rotatable bonds is 7. The lowest BCUT2D eigenvalue weighted by Crippen LogP contribution is -2.32. The molecule has 0 aromatic heterocycles. The molecule has 3 aromatic rings. The third-order valence-electron chi connectivity index (χ3n) is 4.39. The van der Waals surface area contributed by atoms with Crippen LogP contribution < -0.4 is 4.90 Å². The van der Waals surface area contributed by atoms with Crippen molar-refractivity contribution in [3.63, 3.8) is 0 Å². The number of hydrogen-bond donors (Lipinski definition) is 1. The van der Waals surface area contributed by atoms with E-state index in [4.69, 9.17) is 5.11 Å². The third kappa shape index (κ3) is 4.62. The van der Waals surface area contributed by atoms with Crippen molar-refractivity contribution in [1.29, 1.82) is 0 Å². The van der Waals surface area contributed by atoms with E-state index in [9.17, 15) is 14.0 Å². The number of hydrogen-bond acceptors (Lipinski definition) is 2. The van der Waals surface area contributed by atoms with Crippen LogP contribution in [0.3, 0.4) is 0 Å².